The third-order valence-electron chi connectivity index (χ3n) is 3.41. The first-order valence-corrected chi connectivity index (χ1v) is 6.36. The van der Waals surface area contributed by atoms with Gasteiger partial charge in [-0.05, 0) is 37.3 Å². The molecule has 1 nitrogen and oxygen atoms in total. The van der Waals surface area contributed by atoms with Crippen LogP contribution in [0.15, 0.2) is 24.3 Å². The summed E-state index contributed by atoms with van der Waals surface area (Å²) in [6.07, 6.45) is 2.38. The largest absolute Gasteiger partial charge is 0.316 e. The maximum atomic E-state index is 3.47. The van der Waals surface area contributed by atoms with Gasteiger partial charge in [-0.3, -0.25) is 0 Å². The van der Waals surface area contributed by atoms with Crippen LogP contribution in [0.5, 0.6) is 0 Å². The second-order valence-corrected chi connectivity index (χ2v) is 5.11. The molecule has 0 bridgehead atoms. The molecule has 0 heterocycles. The highest BCUT2D eigenvalue weighted by atomic mass is 14.9. The lowest BCUT2D eigenvalue weighted by atomic mass is 9.81. The van der Waals surface area contributed by atoms with Crippen molar-refractivity contribution in [2.24, 2.45) is 5.41 Å². The van der Waals surface area contributed by atoms with Gasteiger partial charge in [0, 0.05) is 6.54 Å². The van der Waals surface area contributed by atoms with Crippen molar-refractivity contribution in [1.29, 1.82) is 0 Å². The van der Waals surface area contributed by atoms with E-state index in [1.54, 1.807) is 0 Å². The molecule has 0 saturated carbocycles. The van der Waals surface area contributed by atoms with Crippen molar-refractivity contribution in [2.45, 2.75) is 40.5 Å². The van der Waals surface area contributed by atoms with Gasteiger partial charge in [0.1, 0.15) is 0 Å². The van der Waals surface area contributed by atoms with E-state index < -0.39 is 0 Å². The van der Waals surface area contributed by atoms with Gasteiger partial charge in [0.05, 0.1) is 0 Å². The third kappa shape index (κ3) is 3.97. The predicted octanol–water partition coefficient (Wildman–Crippen LogP) is 3.56. The van der Waals surface area contributed by atoms with E-state index in [1.165, 1.54) is 17.5 Å². The fourth-order valence-corrected chi connectivity index (χ4v) is 1.94. The molecule has 0 radical (unpaired) electrons. The summed E-state index contributed by atoms with van der Waals surface area (Å²) in [6, 6.07) is 8.93. The van der Waals surface area contributed by atoms with Gasteiger partial charge in [-0.15, -0.1) is 0 Å². The molecule has 0 fully saturated rings. The Morgan fingerprint density at radius 3 is 2.25 bits per heavy atom. The molecule has 90 valence electrons. The van der Waals surface area contributed by atoms with E-state index >= 15 is 0 Å². The second-order valence-electron chi connectivity index (χ2n) is 5.11. The van der Waals surface area contributed by atoms with Crippen LogP contribution in [0.4, 0.5) is 0 Å². The monoisotopic (exact) mass is 219 g/mol. The fourth-order valence-electron chi connectivity index (χ4n) is 1.94. The van der Waals surface area contributed by atoms with Gasteiger partial charge >= 0.3 is 0 Å². The minimum Gasteiger partial charge on any atom is -0.316 e. The number of benzene rings is 1. The zero-order valence-corrected chi connectivity index (χ0v) is 11.1. The first-order chi connectivity index (χ1) is 7.59. The molecule has 0 aliphatic heterocycles. The minimum absolute atomic E-state index is 0.380. The smallest absolute Gasteiger partial charge is 0.000813 e. The molecular weight excluding hydrogens is 194 g/mol. The van der Waals surface area contributed by atoms with Crippen molar-refractivity contribution in [3.8, 4) is 0 Å². The SMILES string of the molecule is CCNCC(C)(CC)Cc1ccc(C)cc1. The van der Waals surface area contributed by atoms with Crippen LogP contribution in [0, 0.1) is 12.3 Å². The minimum atomic E-state index is 0.380. The van der Waals surface area contributed by atoms with Crippen LogP contribution >= 0.6 is 0 Å². The van der Waals surface area contributed by atoms with Crippen LogP contribution in [0.25, 0.3) is 0 Å². The highest BCUT2D eigenvalue weighted by Crippen LogP contribution is 2.25. The first kappa shape index (κ1) is 13.2. The molecule has 0 amide bonds. The molecule has 1 aromatic carbocycles. The third-order valence-corrected chi connectivity index (χ3v) is 3.41. The lowest BCUT2D eigenvalue weighted by Gasteiger charge is -2.28. The van der Waals surface area contributed by atoms with E-state index in [0.717, 1.165) is 19.5 Å². The summed E-state index contributed by atoms with van der Waals surface area (Å²) < 4.78 is 0. The Kier molecular flexibility index (Phi) is 5.01. The van der Waals surface area contributed by atoms with Crippen molar-refractivity contribution >= 4 is 0 Å². The van der Waals surface area contributed by atoms with Gasteiger partial charge in [0.2, 0.25) is 0 Å². The van der Waals surface area contributed by atoms with Crippen LogP contribution in [0.1, 0.15) is 38.3 Å². The van der Waals surface area contributed by atoms with E-state index in [4.69, 9.17) is 0 Å². The molecule has 1 unspecified atom stereocenters. The Labute approximate surface area is 100 Å². The van der Waals surface area contributed by atoms with Gasteiger partial charge in [-0.1, -0.05) is 50.6 Å². The molecule has 1 aromatic rings. The van der Waals surface area contributed by atoms with Crippen molar-refractivity contribution in [3.05, 3.63) is 35.4 Å². The van der Waals surface area contributed by atoms with Gasteiger partial charge < -0.3 is 5.32 Å². The summed E-state index contributed by atoms with van der Waals surface area (Å²) in [5.74, 6) is 0. The molecule has 0 aliphatic carbocycles. The van der Waals surface area contributed by atoms with Crippen LogP contribution in [0.2, 0.25) is 0 Å². The molecule has 1 N–H and O–H groups in total. The van der Waals surface area contributed by atoms with E-state index in [9.17, 15) is 0 Å². The molecule has 1 rings (SSSR count). The predicted molar refractivity (Wildman–Crippen MR) is 71.8 cm³/mol. The topological polar surface area (TPSA) is 12.0 Å². The van der Waals surface area contributed by atoms with Crippen molar-refractivity contribution in [1.82, 2.24) is 5.32 Å². The lowest BCUT2D eigenvalue weighted by Crippen LogP contribution is -2.33. The fraction of sp³-hybridized carbons (Fsp3) is 0.600. The first-order valence-electron chi connectivity index (χ1n) is 6.36. The normalized spacial score (nSPS) is 14.8. The van der Waals surface area contributed by atoms with E-state index in [-0.39, 0.29) is 0 Å². The highest BCUT2D eigenvalue weighted by Gasteiger charge is 2.21. The summed E-state index contributed by atoms with van der Waals surface area (Å²) in [7, 11) is 0. The Hall–Kier alpha value is -0.820. The number of hydrogen-bond acceptors (Lipinski definition) is 1. The van der Waals surface area contributed by atoms with E-state index in [0.29, 0.717) is 5.41 Å². The lowest BCUT2D eigenvalue weighted by molar-refractivity contribution is 0.293. The molecule has 0 saturated heterocycles. The summed E-state index contributed by atoms with van der Waals surface area (Å²) in [4.78, 5) is 0. The molecule has 0 aromatic heterocycles. The molecule has 0 aliphatic rings. The zero-order chi connectivity index (χ0) is 12.0. The highest BCUT2D eigenvalue weighted by molar-refractivity contribution is 5.22. The molecule has 1 atom stereocenters. The van der Waals surface area contributed by atoms with Crippen LogP contribution < -0.4 is 5.32 Å². The van der Waals surface area contributed by atoms with Gasteiger partial charge in [0.25, 0.3) is 0 Å². The van der Waals surface area contributed by atoms with Crippen LogP contribution in [0.3, 0.4) is 0 Å². The van der Waals surface area contributed by atoms with Crippen LogP contribution in [-0.4, -0.2) is 13.1 Å². The molecule has 16 heavy (non-hydrogen) atoms. The van der Waals surface area contributed by atoms with E-state index in [1.807, 2.05) is 0 Å². The Morgan fingerprint density at radius 1 is 1.12 bits per heavy atom. The number of nitrogens with one attached hydrogen (secondary N) is 1. The standard InChI is InChI=1S/C15H25N/c1-5-15(4,12-16-6-2)11-14-9-7-13(3)8-10-14/h7-10,16H,5-6,11-12H2,1-4H3. The number of hydrogen-bond donors (Lipinski definition) is 1. The van der Waals surface area contributed by atoms with E-state index in [2.05, 4.69) is 57.3 Å². The van der Waals surface area contributed by atoms with Crippen molar-refractivity contribution in [3.63, 3.8) is 0 Å². The summed E-state index contributed by atoms with van der Waals surface area (Å²) in [6.45, 7) is 11.1. The molecular formula is C15H25N. The summed E-state index contributed by atoms with van der Waals surface area (Å²) in [5, 5.41) is 3.47. The number of rotatable bonds is 6. The average Bonchev–Trinajstić information content (AvgIpc) is 2.30. The Bertz CT molecular complexity index is 302. The van der Waals surface area contributed by atoms with Crippen LogP contribution in [-0.2, 0) is 6.42 Å². The summed E-state index contributed by atoms with van der Waals surface area (Å²) >= 11 is 0. The molecule has 1 heteroatoms. The van der Waals surface area contributed by atoms with Gasteiger partial charge in [-0.25, -0.2) is 0 Å². The maximum Gasteiger partial charge on any atom is 0.000813 e. The Balaban J connectivity index is 2.64. The van der Waals surface area contributed by atoms with Gasteiger partial charge in [0.15, 0.2) is 0 Å². The van der Waals surface area contributed by atoms with Crippen molar-refractivity contribution < 1.29 is 0 Å². The second kappa shape index (κ2) is 6.05. The summed E-state index contributed by atoms with van der Waals surface area (Å²) in [5.41, 5.74) is 3.17. The van der Waals surface area contributed by atoms with Crippen molar-refractivity contribution in [2.75, 3.05) is 13.1 Å². The molecule has 0 spiro atoms. The average molecular weight is 219 g/mol. The maximum absolute atomic E-state index is 3.47. The quantitative estimate of drug-likeness (QED) is 0.771. The number of aryl methyl sites for hydroxylation is 1. The Morgan fingerprint density at radius 2 is 1.75 bits per heavy atom. The zero-order valence-electron chi connectivity index (χ0n) is 11.1. The van der Waals surface area contributed by atoms with Gasteiger partial charge in [-0.2, -0.15) is 0 Å².